The van der Waals surface area contributed by atoms with Crippen LogP contribution >= 0.6 is 0 Å². The largest absolute Gasteiger partial charge is 0.393 e. The van der Waals surface area contributed by atoms with Crippen LogP contribution in [0.1, 0.15) is 103 Å². The van der Waals surface area contributed by atoms with Gasteiger partial charge in [-0.2, -0.15) is 0 Å². The Kier molecular flexibility index (Phi) is 5.26. The second-order valence-corrected chi connectivity index (χ2v) is 11.7. The molecular formula is C26H42O4. The van der Waals surface area contributed by atoms with E-state index in [1.54, 1.807) is 0 Å². The molecule has 0 amide bonds. The summed E-state index contributed by atoms with van der Waals surface area (Å²) in [6, 6.07) is 0. The van der Waals surface area contributed by atoms with Gasteiger partial charge in [0, 0.05) is 11.3 Å². The number of rotatable bonds is 2. The molecule has 4 heteroatoms. The van der Waals surface area contributed by atoms with Gasteiger partial charge in [0.05, 0.1) is 24.4 Å². The molecule has 0 aromatic carbocycles. The molecule has 6 rings (SSSR count). The molecular weight excluding hydrogens is 376 g/mol. The Morgan fingerprint density at radius 1 is 0.533 bits per heavy atom. The highest BCUT2D eigenvalue weighted by Crippen LogP contribution is 2.74. The van der Waals surface area contributed by atoms with E-state index in [2.05, 4.69) is 0 Å². The zero-order valence-electron chi connectivity index (χ0n) is 18.6. The molecule has 6 atom stereocenters. The van der Waals surface area contributed by atoms with Crippen LogP contribution in [0, 0.1) is 29.1 Å². The van der Waals surface area contributed by atoms with Gasteiger partial charge in [-0.15, -0.1) is 0 Å². The number of aliphatic hydroxyl groups is 2. The number of fused-ring (bicyclic) bond motifs is 5. The Balaban J connectivity index is 1.49. The molecule has 4 saturated carbocycles. The van der Waals surface area contributed by atoms with Crippen LogP contribution in [0.25, 0.3) is 0 Å². The molecule has 2 aliphatic heterocycles. The SMILES string of the molecule is OC1CCC2C(C1)OC1(C3CCCCC3)OC3CC(O)CCC3C21C1CCCCC1. The summed E-state index contributed by atoms with van der Waals surface area (Å²) in [7, 11) is 0. The van der Waals surface area contributed by atoms with Crippen LogP contribution < -0.4 is 0 Å². The Morgan fingerprint density at radius 3 is 1.50 bits per heavy atom. The zero-order chi connectivity index (χ0) is 20.3. The molecule has 170 valence electrons. The Labute approximate surface area is 182 Å². The highest BCUT2D eigenvalue weighted by atomic mass is 16.7. The lowest BCUT2D eigenvalue weighted by Gasteiger charge is -2.54. The smallest absolute Gasteiger partial charge is 0.178 e. The van der Waals surface area contributed by atoms with E-state index < -0.39 is 5.79 Å². The first-order valence-electron chi connectivity index (χ1n) is 13.4. The van der Waals surface area contributed by atoms with E-state index >= 15 is 0 Å². The third kappa shape index (κ3) is 2.79. The lowest BCUT2D eigenvalue weighted by Crippen LogP contribution is -2.58. The molecule has 2 N–H and O–H groups in total. The lowest BCUT2D eigenvalue weighted by atomic mass is 9.48. The average Bonchev–Trinajstić information content (AvgIpc) is 3.21. The van der Waals surface area contributed by atoms with Crippen LogP contribution in [-0.4, -0.2) is 40.4 Å². The number of ether oxygens (including phenoxy) is 2. The minimum Gasteiger partial charge on any atom is -0.393 e. The van der Waals surface area contributed by atoms with Crippen molar-refractivity contribution in [2.24, 2.45) is 29.1 Å². The normalized spacial score (nSPS) is 52.6. The van der Waals surface area contributed by atoms with Crippen LogP contribution in [-0.2, 0) is 9.47 Å². The van der Waals surface area contributed by atoms with Gasteiger partial charge < -0.3 is 19.7 Å². The number of hydrogen-bond donors (Lipinski definition) is 2. The van der Waals surface area contributed by atoms with Crippen molar-refractivity contribution in [2.45, 2.75) is 133 Å². The summed E-state index contributed by atoms with van der Waals surface area (Å²) in [5.74, 6) is 1.82. The third-order valence-corrected chi connectivity index (χ3v) is 10.4. The standard InChI is InChI=1S/C26H42O4/c27-19-11-13-21-23(15-19)29-26(18-9-5-2-6-10-18)25(21,17-7-3-1-4-8-17)22-14-12-20(28)16-24(22)30-26/h17-24,27-28H,1-16H2. The van der Waals surface area contributed by atoms with Crippen LogP contribution in [0.15, 0.2) is 0 Å². The second-order valence-electron chi connectivity index (χ2n) is 11.7. The summed E-state index contributed by atoms with van der Waals surface area (Å²) in [6.45, 7) is 0. The van der Waals surface area contributed by atoms with Crippen LogP contribution in [0.4, 0.5) is 0 Å². The van der Waals surface area contributed by atoms with E-state index in [0.717, 1.165) is 38.5 Å². The molecule has 0 aromatic rings. The maximum atomic E-state index is 10.5. The van der Waals surface area contributed by atoms with E-state index in [1.807, 2.05) is 0 Å². The fraction of sp³-hybridized carbons (Fsp3) is 1.00. The predicted molar refractivity (Wildman–Crippen MR) is 115 cm³/mol. The predicted octanol–water partition coefficient (Wildman–Crippen LogP) is 4.95. The van der Waals surface area contributed by atoms with Gasteiger partial charge in [-0.1, -0.05) is 38.5 Å². The van der Waals surface area contributed by atoms with Crippen molar-refractivity contribution in [3.8, 4) is 0 Å². The summed E-state index contributed by atoms with van der Waals surface area (Å²) in [5.41, 5.74) is 0.116. The minimum atomic E-state index is -0.450. The highest BCUT2D eigenvalue weighted by molar-refractivity contribution is 5.21. The molecule has 6 unspecified atom stereocenters. The van der Waals surface area contributed by atoms with Gasteiger partial charge in [-0.25, -0.2) is 0 Å². The van der Waals surface area contributed by atoms with E-state index in [0.29, 0.717) is 23.7 Å². The summed E-state index contributed by atoms with van der Waals surface area (Å²) in [4.78, 5) is 0. The summed E-state index contributed by atoms with van der Waals surface area (Å²) in [6.07, 6.45) is 18.8. The Bertz CT molecular complexity index is 593. The van der Waals surface area contributed by atoms with Crippen LogP contribution in [0.3, 0.4) is 0 Å². The second kappa shape index (κ2) is 7.71. The monoisotopic (exact) mass is 418 g/mol. The van der Waals surface area contributed by atoms with Crippen molar-refractivity contribution < 1.29 is 19.7 Å². The molecule has 4 aliphatic carbocycles. The first-order valence-corrected chi connectivity index (χ1v) is 13.4. The average molecular weight is 419 g/mol. The maximum Gasteiger partial charge on any atom is 0.178 e. The van der Waals surface area contributed by atoms with Gasteiger partial charge in [0.1, 0.15) is 0 Å². The van der Waals surface area contributed by atoms with Crippen molar-refractivity contribution >= 4 is 0 Å². The summed E-state index contributed by atoms with van der Waals surface area (Å²) in [5, 5.41) is 21.0. The van der Waals surface area contributed by atoms with Crippen molar-refractivity contribution in [1.82, 2.24) is 0 Å². The van der Waals surface area contributed by atoms with Crippen molar-refractivity contribution in [3.05, 3.63) is 0 Å². The first-order chi connectivity index (χ1) is 14.6. The summed E-state index contributed by atoms with van der Waals surface area (Å²) < 4.78 is 14.4. The van der Waals surface area contributed by atoms with E-state index in [9.17, 15) is 10.2 Å². The Hall–Kier alpha value is -0.160. The van der Waals surface area contributed by atoms with Gasteiger partial charge in [0.25, 0.3) is 0 Å². The molecule has 30 heavy (non-hydrogen) atoms. The molecule has 6 aliphatic rings. The lowest BCUT2D eigenvalue weighted by molar-refractivity contribution is -0.291. The van der Waals surface area contributed by atoms with E-state index in [-0.39, 0.29) is 29.8 Å². The zero-order valence-corrected chi connectivity index (χ0v) is 18.6. The molecule has 0 bridgehead atoms. The van der Waals surface area contributed by atoms with Crippen LogP contribution in [0.2, 0.25) is 0 Å². The van der Waals surface area contributed by atoms with E-state index in [4.69, 9.17) is 9.47 Å². The molecule has 4 nitrogen and oxygen atoms in total. The number of aliphatic hydroxyl groups excluding tert-OH is 2. The first kappa shape index (κ1) is 20.4. The highest BCUT2D eigenvalue weighted by Gasteiger charge is 2.78. The number of hydrogen-bond acceptors (Lipinski definition) is 4. The molecule has 0 spiro atoms. The minimum absolute atomic E-state index is 0.116. The van der Waals surface area contributed by atoms with E-state index in [1.165, 1.54) is 64.2 Å². The van der Waals surface area contributed by atoms with Gasteiger partial charge >= 0.3 is 0 Å². The molecule has 0 aromatic heterocycles. The van der Waals surface area contributed by atoms with Gasteiger partial charge in [0.15, 0.2) is 5.79 Å². The Morgan fingerprint density at radius 2 is 1.00 bits per heavy atom. The summed E-state index contributed by atoms with van der Waals surface area (Å²) >= 11 is 0. The van der Waals surface area contributed by atoms with Gasteiger partial charge in [-0.05, 0) is 82.0 Å². The maximum absolute atomic E-state index is 10.5. The van der Waals surface area contributed by atoms with Crippen molar-refractivity contribution in [2.75, 3.05) is 0 Å². The quantitative estimate of drug-likeness (QED) is 0.666. The fourth-order valence-corrected chi connectivity index (χ4v) is 9.54. The van der Waals surface area contributed by atoms with Crippen LogP contribution in [0.5, 0.6) is 0 Å². The van der Waals surface area contributed by atoms with Crippen molar-refractivity contribution in [1.29, 1.82) is 0 Å². The molecule has 2 saturated heterocycles. The molecule has 0 radical (unpaired) electrons. The fourth-order valence-electron chi connectivity index (χ4n) is 9.54. The molecule has 2 heterocycles. The van der Waals surface area contributed by atoms with Crippen molar-refractivity contribution in [3.63, 3.8) is 0 Å². The van der Waals surface area contributed by atoms with Gasteiger partial charge in [-0.3, -0.25) is 0 Å². The molecule has 6 fully saturated rings. The van der Waals surface area contributed by atoms with Gasteiger partial charge in [0.2, 0.25) is 0 Å². The third-order valence-electron chi connectivity index (χ3n) is 10.4. The topological polar surface area (TPSA) is 58.9 Å².